The summed E-state index contributed by atoms with van der Waals surface area (Å²) in [7, 11) is -11.9. The molecule has 368 valence electrons. The average Bonchev–Trinajstić information content (AvgIpc) is 3.84. The first-order chi connectivity index (χ1) is 29.0. The number of aliphatic carboxylic acids is 1. The van der Waals surface area contributed by atoms with Gasteiger partial charge in [-0.3, -0.25) is 19.2 Å². The van der Waals surface area contributed by atoms with E-state index in [1.807, 2.05) is 6.92 Å². The van der Waals surface area contributed by atoms with Gasteiger partial charge in [0, 0.05) is 0 Å². The van der Waals surface area contributed by atoms with Gasteiger partial charge in [-0.05, 0) is 152 Å². The minimum atomic E-state index is -5.94. The number of ether oxygens (including phenoxy) is 3. The maximum atomic E-state index is 13.5. The van der Waals surface area contributed by atoms with Crippen molar-refractivity contribution in [1.82, 2.24) is 0 Å². The molecule has 0 aromatic carbocycles. The number of hydrogen-bond donors (Lipinski definition) is 2. The van der Waals surface area contributed by atoms with E-state index in [1.54, 1.807) is 0 Å². The van der Waals surface area contributed by atoms with Crippen LogP contribution in [0.2, 0.25) is 0 Å². The molecular formula is C43H64F4Na2O15S2. The van der Waals surface area contributed by atoms with Crippen molar-refractivity contribution in [2.45, 2.75) is 184 Å². The van der Waals surface area contributed by atoms with Crippen molar-refractivity contribution in [3.8, 4) is 0 Å². The summed E-state index contributed by atoms with van der Waals surface area (Å²) in [6.07, 6.45) is 15.4. The summed E-state index contributed by atoms with van der Waals surface area (Å²) in [4.78, 5) is 50.4. The molecule has 0 aromatic heterocycles. The molecule has 0 amide bonds. The Morgan fingerprint density at radius 1 is 0.591 bits per heavy atom. The molecule has 15 nitrogen and oxygen atoms in total. The van der Waals surface area contributed by atoms with Gasteiger partial charge in [0.1, 0.15) is 5.60 Å². The Balaban J connectivity index is 0.000000294. The summed E-state index contributed by atoms with van der Waals surface area (Å²) in [5.74, 6) is -3.05. The Morgan fingerprint density at radius 2 is 0.909 bits per heavy atom. The van der Waals surface area contributed by atoms with Gasteiger partial charge >= 0.3 is 93.5 Å². The van der Waals surface area contributed by atoms with Crippen LogP contribution in [0, 0.1) is 45.3 Å². The second-order valence-corrected chi connectivity index (χ2v) is 23.6. The summed E-state index contributed by atoms with van der Waals surface area (Å²) < 4.78 is 132. The number of alkyl halides is 4. The van der Waals surface area contributed by atoms with Crippen LogP contribution in [0.15, 0.2) is 0 Å². The molecule has 10 aliphatic rings. The van der Waals surface area contributed by atoms with E-state index >= 15 is 0 Å². The molecule has 10 aliphatic carbocycles. The van der Waals surface area contributed by atoms with Crippen LogP contribution in [0.3, 0.4) is 0 Å². The third-order valence-electron chi connectivity index (χ3n) is 16.0. The normalized spacial score (nSPS) is 34.1. The first kappa shape index (κ1) is 59.7. The molecule has 2 N–H and O–H groups in total. The molecule has 0 aromatic rings. The van der Waals surface area contributed by atoms with Gasteiger partial charge < -0.3 is 33.5 Å². The summed E-state index contributed by atoms with van der Waals surface area (Å²) in [6.45, 7) is 0.423. The van der Waals surface area contributed by atoms with Crippen molar-refractivity contribution in [2.75, 3.05) is 13.2 Å². The van der Waals surface area contributed by atoms with E-state index < -0.39 is 89.1 Å². The van der Waals surface area contributed by atoms with Crippen LogP contribution in [-0.2, 0) is 53.6 Å². The standard InChI is InChI=1S/C21H30F2O7S.C14H18F2O7S.C7H14O.CH4.2Na/c1-2-20(5-3-4-6-20)30-17(25)19-10-14-7-15(11-19)9-18(8-14,12-19)16(24)29-13-21(22,23)31(26,27)28;15-14(16,24(20,21)22)7-23-11(19)13-4-8-1-9(5-13)3-12(2-8,6-13)10(17)18;1-2-7(8)5-3-4-6-7;;;/h14-15H,2-13H2,1H3,(H,26,27,28);8-9H,1-7H2,(H,17,18)(H,20,21,22);8H,2-6H2,1H3;1H4;;/q;;;;2*+1/p-2. The first-order valence-electron chi connectivity index (χ1n) is 22.2. The molecule has 10 rings (SSSR count). The zero-order chi connectivity index (χ0) is 46.7. The van der Waals surface area contributed by atoms with Crippen molar-refractivity contribution in [1.29, 1.82) is 0 Å². The van der Waals surface area contributed by atoms with Gasteiger partial charge in [0.05, 0.1) is 27.3 Å². The first-order valence-corrected chi connectivity index (χ1v) is 25.0. The number of carbonyl (C=O) groups is 4. The molecule has 10 fully saturated rings. The predicted molar refractivity (Wildman–Crippen MR) is 216 cm³/mol. The average molecular weight is 1010 g/mol. The maximum absolute atomic E-state index is 13.5. The van der Waals surface area contributed by atoms with Crippen LogP contribution in [0.4, 0.5) is 17.6 Å². The molecule has 4 unspecified atom stereocenters. The van der Waals surface area contributed by atoms with Crippen molar-refractivity contribution < 1.29 is 146 Å². The van der Waals surface area contributed by atoms with Gasteiger partial charge in [-0.15, -0.1) is 0 Å². The second-order valence-electron chi connectivity index (χ2n) is 20.6. The van der Waals surface area contributed by atoms with Crippen LogP contribution in [0.25, 0.3) is 0 Å². The predicted octanol–water partition coefficient (Wildman–Crippen LogP) is 1.20. The largest absolute Gasteiger partial charge is 1.00 e. The number of carboxylic acids is 1. The number of rotatable bonds is 13. The van der Waals surface area contributed by atoms with Gasteiger partial charge in [0.15, 0.2) is 33.5 Å². The van der Waals surface area contributed by atoms with E-state index in [0.717, 1.165) is 64.2 Å². The SMILES string of the molecule is C.CCC1(O)CCCC1.CCC1(OC(=O)C23CC4CC(CC(C(=O)OCC(F)(F)S(=O)(=O)[O-])(C4)C2)C3)CCCC1.O=C(O)C12CC3CC(C1)CC(C(=O)OCC(F)(F)S(=O)(=O)[O-])(C3)C2.[Na+].[Na+]. The fourth-order valence-electron chi connectivity index (χ4n) is 13.5. The van der Waals surface area contributed by atoms with Crippen molar-refractivity contribution in [3.05, 3.63) is 0 Å². The smallest absolute Gasteiger partial charge is 0.743 e. The van der Waals surface area contributed by atoms with Crippen molar-refractivity contribution >= 4 is 44.1 Å². The van der Waals surface area contributed by atoms with E-state index in [1.165, 1.54) is 12.8 Å². The quantitative estimate of drug-likeness (QED) is 0.0865. The Hall–Kier alpha value is -0.620. The number of aliphatic hydroxyl groups is 1. The minimum absolute atomic E-state index is 0. The topological polar surface area (TPSA) is 251 Å². The summed E-state index contributed by atoms with van der Waals surface area (Å²) in [5.41, 5.74) is -4.89. The van der Waals surface area contributed by atoms with Crippen LogP contribution >= 0.6 is 0 Å². The molecule has 66 heavy (non-hydrogen) atoms. The zero-order valence-electron chi connectivity index (χ0n) is 37.8. The van der Waals surface area contributed by atoms with Gasteiger partial charge in [-0.1, -0.05) is 34.1 Å². The van der Waals surface area contributed by atoms with Crippen LogP contribution < -0.4 is 59.1 Å². The second kappa shape index (κ2) is 21.2. The Kier molecular flexibility index (Phi) is 19.2. The number of hydrogen-bond acceptors (Lipinski definition) is 14. The molecule has 23 heteroatoms. The van der Waals surface area contributed by atoms with E-state index in [9.17, 15) is 72.9 Å². The van der Waals surface area contributed by atoms with Crippen LogP contribution in [0.1, 0.15) is 163 Å². The summed E-state index contributed by atoms with van der Waals surface area (Å²) in [5, 5.41) is 9.67. The monoisotopic (exact) mass is 1010 g/mol. The van der Waals surface area contributed by atoms with Crippen LogP contribution in [-0.4, -0.2) is 95.0 Å². The molecular weight excluding hydrogens is 943 g/mol. The summed E-state index contributed by atoms with van der Waals surface area (Å²) >= 11 is 0. The third kappa shape index (κ3) is 12.2. The molecule has 0 heterocycles. The molecule has 0 radical (unpaired) electrons. The number of carbonyl (C=O) groups excluding carboxylic acids is 3. The molecule has 0 aliphatic heterocycles. The number of carboxylic acid groups (broad SMARTS) is 1. The van der Waals surface area contributed by atoms with Gasteiger partial charge in [0.25, 0.3) is 0 Å². The Morgan fingerprint density at radius 3 is 1.21 bits per heavy atom. The third-order valence-corrected chi connectivity index (χ3v) is 17.7. The Bertz CT molecular complexity index is 1980. The number of halogens is 4. The van der Waals surface area contributed by atoms with Gasteiger partial charge in [0.2, 0.25) is 0 Å². The van der Waals surface area contributed by atoms with E-state index in [2.05, 4.69) is 11.7 Å². The van der Waals surface area contributed by atoms with Crippen LogP contribution in [0.5, 0.6) is 0 Å². The molecule has 0 saturated heterocycles. The summed E-state index contributed by atoms with van der Waals surface area (Å²) in [6, 6.07) is 0. The fourth-order valence-corrected chi connectivity index (χ4v) is 13.9. The fraction of sp³-hybridized carbons (Fsp3) is 0.907. The van der Waals surface area contributed by atoms with Crippen molar-refractivity contribution in [3.63, 3.8) is 0 Å². The maximum Gasteiger partial charge on any atom is 1.00 e. The van der Waals surface area contributed by atoms with Gasteiger partial charge in [-0.25, -0.2) is 16.8 Å². The minimum Gasteiger partial charge on any atom is -0.743 e. The molecule has 10 saturated carbocycles. The van der Waals surface area contributed by atoms with Gasteiger partial charge in [-0.2, -0.15) is 17.6 Å². The van der Waals surface area contributed by atoms with E-state index in [-0.39, 0.29) is 115 Å². The molecule has 4 atom stereocenters. The zero-order valence-corrected chi connectivity index (χ0v) is 43.4. The van der Waals surface area contributed by atoms with Crippen molar-refractivity contribution in [2.24, 2.45) is 45.3 Å². The Labute approximate surface area is 429 Å². The molecule has 8 bridgehead atoms. The van der Waals surface area contributed by atoms with E-state index in [0.29, 0.717) is 51.4 Å². The molecule has 0 spiro atoms. The number of esters is 3. The van der Waals surface area contributed by atoms with E-state index in [4.69, 9.17) is 9.47 Å².